The number of hydrogen-bond donors (Lipinski definition) is 7. The van der Waals surface area contributed by atoms with Gasteiger partial charge < -0.3 is 25.3 Å². The van der Waals surface area contributed by atoms with Crippen molar-refractivity contribution in [3.05, 3.63) is 202 Å². The topological polar surface area (TPSA) is 402 Å². The zero-order valence-corrected chi connectivity index (χ0v) is 71.4. The molecule has 30 nitrogen and oxygen atoms in total. The van der Waals surface area contributed by atoms with Gasteiger partial charge in [-0.2, -0.15) is 15.3 Å². The highest BCUT2D eigenvalue weighted by atomic mass is 35.5. The molecule has 6 aromatic heterocycles. The molecule has 3 saturated carbocycles. The van der Waals surface area contributed by atoms with E-state index in [0.29, 0.717) is 61.5 Å². The molecule has 10 aromatic rings. The van der Waals surface area contributed by atoms with Crippen LogP contribution in [0.4, 0.5) is 40.3 Å². The van der Waals surface area contributed by atoms with Crippen LogP contribution in [0.25, 0.3) is 16.9 Å². The summed E-state index contributed by atoms with van der Waals surface area (Å²) in [7, 11) is -15.0. The number of amides is 2. The molecule has 119 heavy (non-hydrogen) atoms. The third-order valence-corrected chi connectivity index (χ3v) is 23.8. The van der Waals surface area contributed by atoms with E-state index >= 15 is 0 Å². The molecule has 9 heterocycles. The van der Waals surface area contributed by atoms with Crippen LogP contribution in [0.5, 0.6) is 0 Å². The highest BCUT2D eigenvalue weighted by molar-refractivity contribution is 7.92. The van der Waals surface area contributed by atoms with Gasteiger partial charge in [0.1, 0.15) is 22.5 Å². The first-order valence-corrected chi connectivity index (χ1v) is 46.8. The average Bonchev–Trinajstić information content (AvgIpc) is 1.74. The number of benzene rings is 4. The SMILES string of the molecule is CS(=O)(=O)Nc1c(C(=O)O)ccc(F)c1Cl.CS(=O)(=O)Nc1cc(F)c(Cl)cc1C(=O)O.Cc1cc(C2CC2)nc2cc([C@@H]3CCCCN3)nn12.Cc1cc(C2CC2)nc2cc([C@@H]3CCCCN3C(=O)c3cc(Cl)c(F)cc3NS(C)(=O)=O)nn12.Cc1cc(C2CC2)nc2cc([C@@H]3CCCCN3C(=O)c3ccc(Cl)c(F)c3NS(C)(=O)=O)nn12. The summed E-state index contributed by atoms with van der Waals surface area (Å²) in [5, 5.41) is 33.8. The largest absolute Gasteiger partial charge is 0.478 e. The monoisotopic (exact) mass is 1800 g/mol. The van der Waals surface area contributed by atoms with Gasteiger partial charge in [-0.1, -0.05) is 52.8 Å². The third-order valence-electron chi connectivity index (χ3n) is 20.2. The number of likely N-dealkylation sites (tertiary alicyclic amines) is 2. The van der Waals surface area contributed by atoms with Gasteiger partial charge in [0.25, 0.3) is 11.8 Å². The lowest BCUT2D eigenvalue weighted by Gasteiger charge is -2.35. The number of halogens is 8. The second-order valence-corrected chi connectivity index (χ2v) is 38.7. The van der Waals surface area contributed by atoms with Crippen LogP contribution in [0.1, 0.15) is 225 Å². The number of sulfonamides is 4. The Balaban J connectivity index is 0.000000142. The number of aryl methyl sites for hydroxylation is 3. The van der Waals surface area contributed by atoms with Crippen LogP contribution in [-0.2, 0) is 40.1 Å². The third kappa shape index (κ3) is 22.2. The van der Waals surface area contributed by atoms with Crippen molar-refractivity contribution in [2.75, 3.05) is 63.5 Å². The molecule has 7 N–H and O–H groups in total. The molecule has 0 radical (unpaired) electrons. The van der Waals surface area contributed by atoms with Crippen LogP contribution >= 0.6 is 46.4 Å². The Morgan fingerprint density at radius 2 is 0.807 bits per heavy atom. The van der Waals surface area contributed by atoms with Crippen LogP contribution in [0.15, 0.2) is 84.9 Å². The molecule has 3 saturated heterocycles. The predicted molar refractivity (Wildman–Crippen MR) is 442 cm³/mol. The molecule has 3 atom stereocenters. The Kier molecular flexibility index (Phi) is 26.9. The number of piperidine rings is 3. The number of carbonyl (C=O) groups is 4. The van der Waals surface area contributed by atoms with Crippen molar-refractivity contribution >= 4 is 150 Å². The van der Waals surface area contributed by atoms with E-state index in [0.717, 1.165) is 158 Å². The highest BCUT2D eigenvalue weighted by Gasteiger charge is 2.37. The highest BCUT2D eigenvalue weighted by Crippen LogP contribution is 2.44. The number of fused-ring (bicyclic) bond motifs is 3. The zero-order valence-electron chi connectivity index (χ0n) is 65.1. The van der Waals surface area contributed by atoms with Crippen LogP contribution in [0, 0.1) is 44.0 Å². The van der Waals surface area contributed by atoms with Gasteiger partial charge in [0.2, 0.25) is 40.1 Å². The number of aromatic nitrogens is 9. The summed E-state index contributed by atoms with van der Waals surface area (Å²) in [4.78, 5) is 66.4. The minimum Gasteiger partial charge on any atom is -0.478 e. The maximum Gasteiger partial charge on any atom is 0.337 e. The van der Waals surface area contributed by atoms with Crippen LogP contribution in [0.3, 0.4) is 0 Å². The summed E-state index contributed by atoms with van der Waals surface area (Å²) < 4.78 is 160. The molecule has 6 aliphatic rings. The van der Waals surface area contributed by atoms with Crippen LogP contribution < -0.4 is 24.2 Å². The number of nitrogens with zero attached hydrogens (tertiary/aromatic N) is 11. The molecule has 3 aliphatic carbocycles. The standard InChI is InChI=1S/2C23H25ClFN5O3S.C15H20N4.2C8H7ClFNO4S/c1-13-11-17(14-6-7-14)26-20-12-18(27-30(13)20)19-5-3-4-10-29(19)23(31)15-8-9-16(24)21(25)22(15)28-34(2,32)33;1-13-9-18(14-6-7-14)26-22-12-20(27-30(13)22)21-5-3-4-8-29(21)23(31)15-10-16(24)17(25)11-19(15)28-34(2,32)33;1-10-8-13(11-5-6-11)17-15-9-14(18-19(10)15)12-4-2-3-7-16-12;1-16(14,15)11-7-3-6(10)5(9)2-4(7)8(12)13;1-16(14,15)11-7-4(8(12)13)2-3-5(10)6(7)9/h8-9,11-12,14,19,28H,3-7,10H2,1-2H3;9-12,14,21,28H,3-8H2,1-2H3;8-9,11-12,16H,2-7H2,1H3;2*2-3,11H,1H3,(H,12,13)/t19-;21-;12-;;/m000../s1. The number of rotatable bonds is 18. The number of hydrogen-bond acceptors (Lipinski definition) is 19. The number of anilines is 4. The van der Waals surface area contributed by atoms with Crippen molar-refractivity contribution in [3.63, 3.8) is 0 Å². The Morgan fingerprint density at radius 3 is 1.22 bits per heavy atom. The molecule has 4 aromatic carbocycles. The second kappa shape index (κ2) is 36.0. The van der Waals surface area contributed by atoms with Gasteiger partial charge in [-0.05, 0) is 172 Å². The summed E-state index contributed by atoms with van der Waals surface area (Å²) in [5.41, 5.74) is 9.32. The molecule has 636 valence electrons. The van der Waals surface area contributed by atoms with E-state index in [-0.39, 0.29) is 44.6 Å². The fraction of sp³-hybridized carbons (Fsp3) is 0.403. The number of carboxylic acids is 2. The van der Waals surface area contributed by atoms with Crippen molar-refractivity contribution in [1.29, 1.82) is 0 Å². The zero-order chi connectivity index (χ0) is 86.2. The van der Waals surface area contributed by atoms with Gasteiger partial charge in [0.05, 0.1) is 120 Å². The van der Waals surface area contributed by atoms with E-state index in [9.17, 15) is 70.4 Å². The fourth-order valence-electron chi connectivity index (χ4n) is 14.2. The molecule has 0 bridgehead atoms. The van der Waals surface area contributed by atoms with E-state index in [1.807, 2.05) is 39.9 Å². The minimum atomic E-state index is -3.84. The fourth-order valence-corrected chi connectivity index (χ4v) is 17.2. The van der Waals surface area contributed by atoms with Crippen LogP contribution in [-0.4, -0.2) is 166 Å². The summed E-state index contributed by atoms with van der Waals surface area (Å²) in [6.45, 7) is 8.12. The van der Waals surface area contributed by atoms with Crippen molar-refractivity contribution in [1.82, 2.24) is 58.9 Å². The van der Waals surface area contributed by atoms with E-state index in [1.165, 1.54) is 61.7 Å². The number of carbonyl (C=O) groups excluding carboxylic acids is 2. The summed E-state index contributed by atoms with van der Waals surface area (Å²) in [6, 6.07) is 20.1. The molecule has 3 aliphatic heterocycles. The maximum atomic E-state index is 14.8. The van der Waals surface area contributed by atoms with E-state index < -0.39 is 120 Å². The first-order valence-electron chi connectivity index (χ1n) is 37.8. The molecule has 42 heteroatoms. The molecular weight excluding hydrogens is 1720 g/mol. The number of carboxylic acid groups (broad SMARTS) is 2. The van der Waals surface area contributed by atoms with E-state index in [2.05, 4.69) is 46.0 Å². The molecule has 2 amide bonds. The predicted octanol–water partition coefficient (Wildman–Crippen LogP) is 14.7. The Labute approximate surface area is 703 Å². The lowest BCUT2D eigenvalue weighted by molar-refractivity contribution is 0.0599. The van der Waals surface area contributed by atoms with E-state index in [4.69, 9.17) is 86.9 Å². The summed E-state index contributed by atoms with van der Waals surface area (Å²) >= 11 is 22.7. The quantitative estimate of drug-likeness (QED) is 0.0392. The Morgan fingerprint density at radius 1 is 0.420 bits per heavy atom. The average molecular weight is 1800 g/mol. The van der Waals surface area contributed by atoms with Crippen molar-refractivity contribution < 1.29 is 80.6 Å². The van der Waals surface area contributed by atoms with Gasteiger partial charge in [-0.15, -0.1) is 0 Å². The summed E-state index contributed by atoms with van der Waals surface area (Å²) in [5.74, 6) is -5.61. The second-order valence-electron chi connectivity index (χ2n) is 30.1. The molecular formula is C77H84Cl4F4N16O14S4. The lowest BCUT2D eigenvalue weighted by atomic mass is 9.98. The summed E-state index contributed by atoms with van der Waals surface area (Å²) in [6.07, 6.45) is 19.2. The van der Waals surface area contributed by atoms with Gasteiger partial charge >= 0.3 is 11.9 Å². The lowest BCUT2D eigenvalue weighted by Crippen LogP contribution is -2.39. The number of nitrogens with one attached hydrogen (secondary N) is 5. The first-order chi connectivity index (χ1) is 56.0. The first kappa shape index (κ1) is 88.7. The molecule has 0 unspecified atom stereocenters. The minimum absolute atomic E-state index is 0.00202. The van der Waals surface area contributed by atoms with Gasteiger partial charge in [0, 0.05) is 95.3 Å². The van der Waals surface area contributed by atoms with Crippen molar-refractivity contribution in [2.24, 2.45) is 0 Å². The van der Waals surface area contributed by atoms with E-state index in [1.54, 1.807) is 18.8 Å². The normalized spacial score (nSPS) is 17.7. The molecule has 0 spiro atoms. The van der Waals surface area contributed by atoms with Crippen LogP contribution in [0.2, 0.25) is 20.1 Å². The number of aromatic carboxylic acids is 2. The van der Waals surface area contributed by atoms with Crippen molar-refractivity contribution in [2.45, 2.75) is 153 Å². The van der Waals surface area contributed by atoms with Gasteiger partial charge in [-0.25, -0.2) is 89.3 Å². The van der Waals surface area contributed by atoms with Gasteiger partial charge in [-0.3, -0.25) is 28.5 Å². The Hall–Kier alpha value is -9.54. The van der Waals surface area contributed by atoms with Crippen molar-refractivity contribution in [3.8, 4) is 0 Å². The van der Waals surface area contributed by atoms with Gasteiger partial charge in [0.15, 0.2) is 22.8 Å². The smallest absolute Gasteiger partial charge is 0.337 e. The maximum absolute atomic E-state index is 14.8. The Bertz CT molecular complexity index is 6010. The molecule has 16 rings (SSSR count). The molecule has 6 fully saturated rings.